The van der Waals surface area contributed by atoms with Gasteiger partial charge in [0, 0.05) is 36.4 Å². The summed E-state index contributed by atoms with van der Waals surface area (Å²) in [4.78, 5) is 35.1. The monoisotopic (exact) mass is 436 g/mol. The van der Waals surface area contributed by atoms with Crippen molar-refractivity contribution in [1.82, 2.24) is 19.4 Å². The van der Waals surface area contributed by atoms with Crippen molar-refractivity contribution < 1.29 is 14.7 Å². The quantitative estimate of drug-likeness (QED) is 0.471. The third-order valence-electron chi connectivity index (χ3n) is 6.20. The second-order valence-electron chi connectivity index (χ2n) is 8.76. The fourth-order valence-electron chi connectivity index (χ4n) is 4.44. The molecule has 0 saturated heterocycles. The highest BCUT2D eigenvalue weighted by atomic mass is 16.4. The van der Waals surface area contributed by atoms with Crippen molar-refractivity contribution in [2.75, 3.05) is 19.4 Å². The van der Waals surface area contributed by atoms with Crippen LogP contribution in [0.5, 0.6) is 0 Å². The Labute approximate surface area is 186 Å². The molecule has 4 rings (SSSR count). The molecule has 168 valence electrons. The molecule has 1 aliphatic carbocycles. The van der Waals surface area contributed by atoms with Crippen LogP contribution in [0.3, 0.4) is 0 Å². The summed E-state index contributed by atoms with van der Waals surface area (Å²) in [7, 11) is 4.04. The fraction of sp³-hybridized carbons (Fsp3) is 0.391. The number of fused-ring (bicyclic) bond motifs is 1. The molecule has 1 amide bonds. The highest BCUT2D eigenvalue weighted by molar-refractivity contribution is 5.82. The summed E-state index contributed by atoms with van der Waals surface area (Å²) in [6.07, 6.45) is 5.24. The number of hydrogen-bond acceptors (Lipinski definition) is 6. The highest BCUT2D eigenvalue weighted by Crippen LogP contribution is 2.51. The second kappa shape index (κ2) is 8.58. The van der Waals surface area contributed by atoms with Gasteiger partial charge in [-0.05, 0) is 50.7 Å². The highest BCUT2D eigenvalue weighted by Gasteiger charge is 2.52. The van der Waals surface area contributed by atoms with Crippen LogP contribution in [-0.2, 0) is 16.1 Å². The molecule has 4 N–H and O–H groups in total. The molecular formula is C23H28N6O3. The van der Waals surface area contributed by atoms with Crippen molar-refractivity contribution >= 4 is 34.5 Å². The number of carbonyl (C=O) groups is 2. The number of primary amides is 1. The first-order valence-corrected chi connectivity index (χ1v) is 10.6. The van der Waals surface area contributed by atoms with Crippen molar-refractivity contribution in [3.8, 4) is 0 Å². The SMILES string of the molecule is CN(C)Cc1ccc(Nc2ncc3ccn(C(CC(N)=O)C4(C(=O)O)CCC4)c3n2)cc1. The molecule has 2 heterocycles. The standard InChI is InChI=1S/C23H28N6O3/c1-28(2)14-15-4-6-17(7-5-15)26-22-25-13-16-8-11-29(20(16)27-22)18(12-19(24)30)23(21(31)32)9-3-10-23/h4-8,11,13,18H,3,9-10,12,14H2,1-2H3,(H2,24,30)(H,31,32)(H,25,26,27). The zero-order valence-corrected chi connectivity index (χ0v) is 18.3. The van der Waals surface area contributed by atoms with Crippen molar-refractivity contribution in [1.29, 1.82) is 0 Å². The number of hydrogen-bond donors (Lipinski definition) is 3. The van der Waals surface area contributed by atoms with Crippen LogP contribution >= 0.6 is 0 Å². The molecule has 1 atom stereocenters. The van der Waals surface area contributed by atoms with Gasteiger partial charge in [-0.2, -0.15) is 4.98 Å². The lowest BCUT2D eigenvalue weighted by atomic mass is 9.63. The first kappa shape index (κ1) is 21.8. The van der Waals surface area contributed by atoms with Gasteiger partial charge in [-0.15, -0.1) is 0 Å². The van der Waals surface area contributed by atoms with Crippen LogP contribution in [0.25, 0.3) is 11.0 Å². The number of carboxylic acids is 1. The Morgan fingerprint density at radius 3 is 2.53 bits per heavy atom. The van der Waals surface area contributed by atoms with Gasteiger partial charge in [0.1, 0.15) is 5.65 Å². The van der Waals surface area contributed by atoms with Crippen LogP contribution in [-0.4, -0.2) is 50.5 Å². The number of nitrogens with zero attached hydrogens (tertiary/aromatic N) is 4. The van der Waals surface area contributed by atoms with Crippen LogP contribution in [0.2, 0.25) is 0 Å². The zero-order valence-electron chi connectivity index (χ0n) is 18.3. The molecule has 9 nitrogen and oxygen atoms in total. The normalized spacial score (nSPS) is 16.0. The molecule has 1 aliphatic rings. The number of nitrogens with two attached hydrogens (primary N) is 1. The summed E-state index contributed by atoms with van der Waals surface area (Å²) < 4.78 is 1.78. The Balaban J connectivity index is 1.66. The third kappa shape index (κ3) is 4.16. The topological polar surface area (TPSA) is 126 Å². The first-order valence-electron chi connectivity index (χ1n) is 10.6. The van der Waals surface area contributed by atoms with E-state index in [4.69, 9.17) is 5.73 Å². The van der Waals surface area contributed by atoms with Crippen molar-refractivity contribution in [3.05, 3.63) is 48.3 Å². The minimum Gasteiger partial charge on any atom is -0.481 e. The van der Waals surface area contributed by atoms with Crippen molar-refractivity contribution in [2.24, 2.45) is 11.1 Å². The molecule has 0 spiro atoms. The molecule has 1 unspecified atom stereocenters. The van der Waals surface area contributed by atoms with Crippen LogP contribution in [0.1, 0.15) is 37.3 Å². The van der Waals surface area contributed by atoms with E-state index >= 15 is 0 Å². The Hall–Kier alpha value is -3.46. The van der Waals surface area contributed by atoms with Gasteiger partial charge in [0.05, 0.1) is 11.5 Å². The summed E-state index contributed by atoms with van der Waals surface area (Å²) in [6.45, 7) is 0.850. The molecule has 0 aliphatic heterocycles. The Morgan fingerprint density at radius 1 is 1.25 bits per heavy atom. The van der Waals surface area contributed by atoms with Gasteiger partial charge in [0.2, 0.25) is 11.9 Å². The van der Waals surface area contributed by atoms with E-state index in [2.05, 4.69) is 20.2 Å². The van der Waals surface area contributed by atoms with Gasteiger partial charge in [-0.1, -0.05) is 18.6 Å². The van der Waals surface area contributed by atoms with Gasteiger partial charge < -0.3 is 25.6 Å². The number of aliphatic carboxylic acids is 1. The minimum absolute atomic E-state index is 0.0593. The summed E-state index contributed by atoms with van der Waals surface area (Å²) >= 11 is 0. The van der Waals surface area contributed by atoms with Crippen LogP contribution in [0.15, 0.2) is 42.7 Å². The van der Waals surface area contributed by atoms with Gasteiger partial charge in [-0.25, -0.2) is 4.98 Å². The van der Waals surface area contributed by atoms with E-state index in [0.717, 1.165) is 24.0 Å². The average Bonchev–Trinajstić information content (AvgIpc) is 3.10. The van der Waals surface area contributed by atoms with Crippen molar-refractivity contribution in [3.63, 3.8) is 0 Å². The number of rotatable bonds is 9. The van der Waals surface area contributed by atoms with Crippen LogP contribution in [0.4, 0.5) is 11.6 Å². The van der Waals surface area contributed by atoms with Gasteiger partial charge in [0.15, 0.2) is 0 Å². The molecule has 9 heteroatoms. The predicted octanol–water partition coefficient (Wildman–Crippen LogP) is 2.91. The molecule has 0 bridgehead atoms. The molecule has 1 saturated carbocycles. The number of carbonyl (C=O) groups excluding carboxylic acids is 1. The average molecular weight is 437 g/mol. The number of benzene rings is 1. The molecule has 32 heavy (non-hydrogen) atoms. The van der Waals surface area contributed by atoms with E-state index < -0.39 is 23.3 Å². The van der Waals surface area contributed by atoms with E-state index in [1.807, 2.05) is 44.4 Å². The molecule has 0 radical (unpaired) electrons. The van der Waals surface area contributed by atoms with E-state index in [-0.39, 0.29) is 6.42 Å². The smallest absolute Gasteiger partial charge is 0.311 e. The van der Waals surface area contributed by atoms with Gasteiger partial charge in [-0.3, -0.25) is 9.59 Å². The number of amides is 1. The van der Waals surface area contributed by atoms with Gasteiger partial charge in [0.25, 0.3) is 0 Å². The number of nitrogens with one attached hydrogen (secondary N) is 1. The number of aromatic nitrogens is 3. The molecule has 3 aromatic rings. The lowest BCUT2D eigenvalue weighted by Gasteiger charge is -2.44. The summed E-state index contributed by atoms with van der Waals surface area (Å²) in [5, 5.41) is 13.9. The third-order valence-corrected chi connectivity index (χ3v) is 6.20. The maximum absolute atomic E-state index is 12.1. The Bertz CT molecular complexity index is 1130. The Kier molecular flexibility index (Phi) is 5.84. The number of carboxylic acid groups (broad SMARTS) is 1. The molecular weight excluding hydrogens is 408 g/mol. The molecule has 1 aromatic carbocycles. The van der Waals surface area contributed by atoms with Crippen LogP contribution < -0.4 is 11.1 Å². The second-order valence-corrected chi connectivity index (χ2v) is 8.76. The van der Waals surface area contributed by atoms with E-state index in [1.54, 1.807) is 17.0 Å². The zero-order chi connectivity index (χ0) is 22.9. The Morgan fingerprint density at radius 2 is 1.97 bits per heavy atom. The summed E-state index contributed by atoms with van der Waals surface area (Å²) in [5.41, 5.74) is 7.10. The van der Waals surface area contributed by atoms with E-state index in [1.165, 1.54) is 5.56 Å². The first-order chi connectivity index (χ1) is 15.3. The number of anilines is 2. The summed E-state index contributed by atoms with van der Waals surface area (Å²) in [6, 6.07) is 9.25. The predicted molar refractivity (Wildman–Crippen MR) is 121 cm³/mol. The van der Waals surface area contributed by atoms with Gasteiger partial charge >= 0.3 is 5.97 Å². The molecule has 2 aromatic heterocycles. The maximum atomic E-state index is 12.1. The lowest BCUT2D eigenvalue weighted by Crippen LogP contribution is -2.46. The summed E-state index contributed by atoms with van der Waals surface area (Å²) in [5.74, 6) is -1.04. The van der Waals surface area contributed by atoms with E-state index in [9.17, 15) is 14.7 Å². The minimum atomic E-state index is -1.01. The maximum Gasteiger partial charge on any atom is 0.311 e. The lowest BCUT2D eigenvalue weighted by molar-refractivity contribution is -0.159. The van der Waals surface area contributed by atoms with Crippen LogP contribution in [0, 0.1) is 5.41 Å². The largest absolute Gasteiger partial charge is 0.481 e. The van der Waals surface area contributed by atoms with Crippen molar-refractivity contribution in [2.45, 2.75) is 38.3 Å². The van der Waals surface area contributed by atoms with E-state index in [0.29, 0.717) is 24.4 Å². The molecule has 1 fully saturated rings. The fourth-order valence-corrected chi connectivity index (χ4v) is 4.44.